The van der Waals surface area contributed by atoms with E-state index in [1.54, 1.807) is 6.07 Å². The van der Waals surface area contributed by atoms with Gasteiger partial charge in [-0.25, -0.2) is 4.90 Å². The number of halogens is 1. The van der Waals surface area contributed by atoms with Crippen LogP contribution >= 0.6 is 11.6 Å². The molecular weight excluding hydrogens is 278 g/mol. The number of anilines is 1. The average molecular weight is 294 g/mol. The molecule has 5 heteroatoms. The minimum absolute atomic E-state index is 0.116. The lowest BCUT2D eigenvalue weighted by Crippen LogP contribution is -2.36. The standard InChI is InChI=1S/C15H16ClNO3/c16-11-5-4-10(8-12(11)18)17-13(19)9-15(14(17)20)6-2-1-3-7-15/h4-5,8,18H,1-3,6-7,9H2. The van der Waals surface area contributed by atoms with E-state index in [1.807, 2.05) is 0 Å². The molecule has 2 fully saturated rings. The molecule has 1 saturated heterocycles. The molecule has 2 amide bonds. The molecule has 0 radical (unpaired) electrons. The van der Waals surface area contributed by atoms with Crippen molar-refractivity contribution in [1.29, 1.82) is 0 Å². The maximum absolute atomic E-state index is 12.7. The normalized spacial score (nSPS) is 21.8. The summed E-state index contributed by atoms with van der Waals surface area (Å²) in [5.41, 5.74) is -0.103. The van der Waals surface area contributed by atoms with Gasteiger partial charge in [0.05, 0.1) is 16.1 Å². The molecule has 1 N–H and O–H groups in total. The van der Waals surface area contributed by atoms with Crippen LogP contribution in [0.5, 0.6) is 5.75 Å². The number of amides is 2. The monoisotopic (exact) mass is 293 g/mol. The number of carbonyl (C=O) groups excluding carboxylic acids is 2. The van der Waals surface area contributed by atoms with E-state index in [4.69, 9.17) is 11.6 Å². The number of carbonyl (C=O) groups is 2. The predicted molar refractivity (Wildman–Crippen MR) is 75.7 cm³/mol. The van der Waals surface area contributed by atoms with Crippen LogP contribution in [0.25, 0.3) is 0 Å². The summed E-state index contributed by atoms with van der Waals surface area (Å²) in [5, 5.41) is 9.86. The Hall–Kier alpha value is -1.55. The van der Waals surface area contributed by atoms with E-state index in [2.05, 4.69) is 0 Å². The maximum atomic E-state index is 12.7. The fourth-order valence-electron chi connectivity index (χ4n) is 3.32. The van der Waals surface area contributed by atoms with Crippen molar-refractivity contribution in [2.24, 2.45) is 5.41 Å². The van der Waals surface area contributed by atoms with Gasteiger partial charge in [0.2, 0.25) is 11.8 Å². The van der Waals surface area contributed by atoms with Gasteiger partial charge in [0.1, 0.15) is 5.75 Å². The summed E-state index contributed by atoms with van der Waals surface area (Å²) in [6, 6.07) is 4.47. The van der Waals surface area contributed by atoms with E-state index in [0.29, 0.717) is 5.69 Å². The van der Waals surface area contributed by atoms with E-state index < -0.39 is 5.41 Å². The van der Waals surface area contributed by atoms with Crippen LogP contribution in [0.2, 0.25) is 5.02 Å². The molecule has 0 unspecified atom stereocenters. The number of rotatable bonds is 1. The van der Waals surface area contributed by atoms with Crippen molar-refractivity contribution >= 4 is 29.1 Å². The second-order valence-corrected chi connectivity index (χ2v) is 6.09. The summed E-state index contributed by atoms with van der Waals surface area (Å²) >= 11 is 5.76. The highest BCUT2D eigenvalue weighted by Gasteiger charge is 2.52. The third-order valence-electron chi connectivity index (χ3n) is 4.39. The Morgan fingerprint density at radius 1 is 1.15 bits per heavy atom. The minimum atomic E-state index is -0.509. The summed E-state index contributed by atoms with van der Waals surface area (Å²) in [6.07, 6.45) is 4.99. The molecule has 1 spiro atoms. The van der Waals surface area contributed by atoms with Crippen LogP contribution in [0, 0.1) is 5.41 Å². The van der Waals surface area contributed by atoms with E-state index >= 15 is 0 Å². The predicted octanol–water partition coefficient (Wildman–Crippen LogP) is 3.26. The van der Waals surface area contributed by atoms with Crippen LogP contribution in [0.4, 0.5) is 5.69 Å². The molecule has 20 heavy (non-hydrogen) atoms. The zero-order chi connectivity index (χ0) is 14.3. The Bertz CT molecular complexity index is 578. The largest absolute Gasteiger partial charge is 0.506 e. The van der Waals surface area contributed by atoms with E-state index in [-0.39, 0.29) is 29.0 Å². The molecule has 0 bridgehead atoms. The van der Waals surface area contributed by atoms with Crippen molar-refractivity contribution in [2.45, 2.75) is 38.5 Å². The number of phenols is 1. The maximum Gasteiger partial charge on any atom is 0.240 e. The molecule has 106 valence electrons. The molecule has 1 aromatic rings. The fraction of sp³-hybridized carbons (Fsp3) is 0.467. The third kappa shape index (κ3) is 1.99. The molecule has 2 aliphatic rings. The number of aromatic hydroxyl groups is 1. The molecule has 0 atom stereocenters. The van der Waals surface area contributed by atoms with E-state index in [0.717, 1.165) is 32.1 Å². The van der Waals surface area contributed by atoms with Crippen LogP contribution in [0.15, 0.2) is 18.2 Å². The summed E-state index contributed by atoms with van der Waals surface area (Å²) in [6.45, 7) is 0. The smallest absolute Gasteiger partial charge is 0.240 e. The Morgan fingerprint density at radius 2 is 1.85 bits per heavy atom. The van der Waals surface area contributed by atoms with Crippen molar-refractivity contribution in [3.63, 3.8) is 0 Å². The van der Waals surface area contributed by atoms with Gasteiger partial charge in [-0.15, -0.1) is 0 Å². The molecule has 0 aromatic heterocycles. The first-order chi connectivity index (χ1) is 9.53. The van der Waals surface area contributed by atoms with Crippen LogP contribution < -0.4 is 4.90 Å². The number of nitrogens with zero attached hydrogens (tertiary/aromatic N) is 1. The number of benzene rings is 1. The second kappa shape index (κ2) is 4.77. The first-order valence-electron chi connectivity index (χ1n) is 6.89. The van der Waals surface area contributed by atoms with E-state index in [9.17, 15) is 14.7 Å². The Morgan fingerprint density at radius 3 is 2.50 bits per heavy atom. The quantitative estimate of drug-likeness (QED) is 0.809. The zero-order valence-electron chi connectivity index (χ0n) is 11.1. The van der Waals surface area contributed by atoms with Crippen molar-refractivity contribution in [1.82, 2.24) is 0 Å². The first kappa shape index (κ1) is 13.4. The number of phenolic OH excluding ortho intramolecular Hbond substituents is 1. The second-order valence-electron chi connectivity index (χ2n) is 5.69. The molecule has 1 aliphatic carbocycles. The topological polar surface area (TPSA) is 57.6 Å². The molecule has 3 rings (SSSR count). The molecule has 1 saturated carbocycles. The number of hydrogen-bond acceptors (Lipinski definition) is 3. The molecule has 1 heterocycles. The van der Waals surface area contributed by atoms with Crippen LogP contribution in [0.3, 0.4) is 0 Å². The van der Waals surface area contributed by atoms with Gasteiger partial charge < -0.3 is 5.11 Å². The van der Waals surface area contributed by atoms with Crippen molar-refractivity contribution in [2.75, 3.05) is 4.90 Å². The van der Waals surface area contributed by atoms with Gasteiger partial charge in [-0.1, -0.05) is 30.9 Å². The van der Waals surface area contributed by atoms with Crippen molar-refractivity contribution in [3.05, 3.63) is 23.2 Å². The van der Waals surface area contributed by atoms with Crippen LogP contribution in [-0.4, -0.2) is 16.9 Å². The highest BCUT2D eigenvalue weighted by molar-refractivity contribution is 6.32. The van der Waals surface area contributed by atoms with Gasteiger partial charge in [0.25, 0.3) is 0 Å². The summed E-state index contributed by atoms with van der Waals surface area (Å²) < 4.78 is 0. The molecule has 1 aliphatic heterocycles. The highest BCUT2D eigenvalue weighted by atomic mass is 35.5. The summed E-state index contributed by atoms with van der Waals surface area (Å²) in [4.78, 5) is 26.1. The average Bonchev–Trinajstić information content (AvgIpc) is 2.66. The van der Waals surface area contributed by atoms with Gasteiger partial charge in [0.15, 0.2) is 0 Å². The Balaban J connectivity index is 1.95. The number of hydrogen-bond donors (Lipinski definition) is 1. The Labute approximate surface area is 122 Å². The Kier molecular flexibility index (Phi) is 3.21. The lowest BCUT2D eigenvalue weighted by atomic mass is 9.73. The van der Waals surface area contributed by atoms with Gasteiger partial charge in [-0.05, 0) is 25.0 Å². The van der Waals surface area contributed by atoms with Gasteiger partial charge >= 0.3 is 0 Å². The zero-order valence-corrected chi connectivity index (χ0v) is 11.8. The van der Waals surface area contributed by atoms with E-state index in [1.165, 1.54) is 17.0 Å². The third-order valence-corrected chi connectivity index (χ3v) is 4.71. The molecule has 4 nitrogen and oxygen atoms in total. The van der Waals surface area contributed by atoms with Gasteiger partial charge in [0, 0.05) is 12.5 Å². The van der Waals surface area contributed by atoms with Crippen molar-refractivity contribution < 1.29 is 14.7 Å². The lowest BCUT2D eigenvalue weighted by Gasteiger charge is -2.30. The minimum Gasteiger partial charge on any atom is -0.506 e. The highest BCUT2D eigenvalue weighted by Crippen LogP contribution is 2.47. The van der Waals surface area contributed by atoms with Crippen molar-refractivity contribution in [3.8, 4) is 5.75 Å². The number of imide groups is 1. The lowest BCUT2D eigenvalue weighted by molar-refractivity contribution is -0.127. The van der Waals surface area contributed by atoms with Crippen LogP contribution in [0.1, 0.15) is 38.5 Å². The SMILES string of the molecule is O=C1CC2(CCCCC2)C(=O)N1c1ccc(Cl)c(O)c1. The molecule has 1 aromatic carbocycles. The fourth-order valence-corrected chi connectivity index (χ4v) is 3.43. The first-order valence-corrected chi connectivity index (χ1v) is 7.27. The van der Waals surface area contributed by atoms with Gasteiger partial charge in [-0.3, -0.25) is 9.59 Å². The molecular formula is C15H16ClNO3. The summed E-state index contributed by atoms with van der Waals surface area (Å²) in [5.74, 6) is -0.420. The van der Waals surface area contributed by atoms with Gasteiger partial charge in [-0.2, -0.15) is 0 Å². The van der Waals surface area contributed by atoms with Crippen LogP contribution in [-0.2, 0) is 9.59 Å². The summed E-state index contributed by atoms with van der Waals surface area (Å²) in [7, 11) is 0.